The summed E-state index contributed by atoms with van der Waals surface area (Å²) in [5, 5.41) is 5.30. The predicted octanol–water partition coefficient (Wildman–Crippen LogP) is 5.00. The van der Waals surface area contributed by atoms with Gasteiger partial charge < -0.3 is 19.9 Å². The van der Waals surface area contributed by atoms with E-state index in [1.54, 1.807) is 6.07 Å². The maximum Gasteiger partial charge on any atom is 0.264 e. The maximum absolute atomic E-state index is 12.5. The van der Waals surface area contributed by atoms with Gasteiger partial charge in [0.25, 0.3) is 11.8 Å². The molecule has 6 nitrogen and oxygen atoms in total. The highest BCUT2D eigenvalue weighted by Gasteiger charge is 2.24. The fourth-order valence-electron chi connectivity index (χ4n) is 3.91. The maximum atomic E-state index is 12.5. The van der Waals surface area contributed by atoms with E-state index in [4.69, 9.17) is 16.3 Å². The van der Waals surface area contributed by atoms with Crippen molar-refractivity contribution in [3.8, 4) is 5.75 Å². The molecule has 1 aliphatic heterocycles. The molecule has 0 spiro atoms. The van der Waals surface area contributed by atoms with E-state index in [-0.39, 0.29) is 18.4 Å². The van der Waals surface area contributed by atoms with Crippen LogP contribution in [-0.2, 0) is 4.79 Å². The Bertz CT molecular complexity index is 1120. The van der Waals surface area contributed by atoms with E-state index in [1.807, 2.05) is 60.5 Å². The van der Waals surface area contributed by atoms with Gasteiger partial charge in [0.15, 0.2) is 6.61 Å². The van der Waals surface area contributed by atoms with Gasteiger partial charge in [-0.05, 0) is 66.8 Å². The first-order chi connectivity index (χ1) is 15.9. The van der Waals surface area contributed by atoms with Gasteiger partial charge in [-0.25, -0.2) is 0 Å². The Morgan fingerprint density at radius 1 is 1.03 bits per heavy atom. The van der Waals surface area contributed by atoms with Gasteiger partial charge in [-0.2, -0.15) is 0 Å². The summed E-state index contributed by atoms with van der Waals surface area (Å²) in [4.78, 5) is 29.7. The second-order valence-corrected chi connectivity index (χ2v) is 9.44. The summed E-state index contributed by atoms with van der Waals surface area (Å²) in [6, 6.07) is 15.1. The molecule has 0 saturated carbocycles. The monoisotopic (exact) mass is 483 g/mol. The number of anilines is 2. The SMILES string of the molecule is Cc1cc(C)cc(OCC(=O)Nc2ccc(N3CCN(C(=O)c4cccs4)CC3)c(Cl)c2)c1. The Hall–Kier alpha value is -3.03. The van der Waals surface area contributed by atoms with Gasteiger partial charge in [0, 0.05) is 31.9 Å². The molecule has 1 fully saturated rings. The smallest absolute Gasteiger partial charge is 0.264 e. The van der Waals surface area contributed by atoms with Crippen LogP contribution in [0.2, 0.25) is 5.02 Å². The standard InChI is InChI=1S/C25H26ClN3O3S/c1-17-12-18(2)14-20(13-17)32-16-24(30)27-19-5-6-22(21(26)15-19)28-7-9-29(10-8-28)25(31)23-4-3-11-33-23/h3-6,11-15H,7-10,16H2,1-2H3,(H,27,30). The van der Waals surface area contributed by atoms with Gasteiger partial charge >= 0.3 is 0 Å². The van der Waals surface area contributed by atoms with Gasteiger partial charge in [0.05, 0.1) is 15.6 Å². The fraction of sp³-hybridized carbons (Fsp3) is 0.280. The molecule has 4 rings (SSSR count). The van der Waals surface area contributed by atoms with Gasteiger partial charge in [-0.1, -0.05) is 23.7 Å². The van der Waals surface area contributed by atoms with Crippen molar-refractivity contribution in [2.75, 3.05) is 43.0 Å². The zero-order valence-corrected chi connectivity index (χ0v) is 20.2. The second kappa shape index (κ2) is 10.3. The Kier molecular flexibility index (Phi) is 7.20. The summed E-state index contributed by atoms with van der Waals surface area (Å²) >= 11 is 8.00. The topological polar surface area (TPSA) is 61.9 Å². The molecule has 2 heterocycles. The minimum absolute atomic E-state index is 0.0804. The Balaban J connectivity index is 1.30. The molecule has 1 N–H and O–H groups in total. The number of carbonyl (C=O) groups excluding carboxylic acids is 2. The summed E-state index contributed by atoms with van der Waals surface area (Å²) in [7, 11) is 0. The number of amides is 2. The first-order valence-electron chi connectivity index (χ1n) is 10.8. The summed E-state index contributed by atoms with van der Waals surface area (Å²) in [6.45, 7) is 6.58. The van der Waals surface area contributed by atoms with E-state index in [2.05, 4.69) is 16.3 Å². The highest BCUT2D eigenvalue weighted by atomic mass is 35.5. The highest BCUT2D eigenvalue weighted by Crippen LogP contribution is 2.30. The first-order valence-corrected chi connectivity index (χ1v) is 12.0. The van der Waals surface area contributed by atoms with Crippen LogP contribution in [0.15, 0.2) is 53.9 Å². The minimum atomic E-state index is -0.251. The largest absolute Gasteiger partial charge is 0.484 e. The molecule has 0 atom stereocenters. The van der Waals surface area contributed by atoms with Crippen LogP contribution in [0.4, 0.5) is 11.4 Å². The number of rotatable bonds is 6. The van der Waals surface area contributed by atoms with Crippen molar-refractivity contribution in [2.45, 2.75) is 13.8 Å². The third-order valence-corrected chi connectivity index (χ3v) is 6.60. The highest BCUT2D eigenvalue weighted by molar-refractivity contribution is 7.12. The molecular formula is C25H26ClN3O3S. The quantitative estimate of drug-likeness (QED) is 0.536. The average molecular weight is 484 g/mol. The molecule has 2 aromatic carbocycles. The number of hydrogen-bond acceptors (Lipinski definition) is 5. The Morgan fingerprint density at radius 3 is 2.39 bits per heavy atom. The molecule has 1 aromatic heterocycles. The van der Waals surface area contributed by atoms with E-state index in [1.165, 1.54) is 11.3 Å². The van der Waals surface area contributed by atoms with Crippen molar-refractivity contribution in [3.63, 3.8) is 0 Å². The lowest BCUT2D eigenvalue weighted by Gasteiger charge is -2.36. The molecule has 0 radical (unpaired) electrons. The molecule has 3 aromatic rings. The van der Waals surface area contributed by atoms with Crippen LogP contribution in [-0.4, -0.2) is 49.5 Å². The number of aryl methyl sites for hydroxylation is 2. The average Bonchev–Trinajstić information content (AvgIpc) is 3.32. The normalized spacial score (nSPS) is 13.7. The van der Waals surface area contributed by atoms with Gasteiger partial charge in [0.1, 0.15) is 5.75 Å². The predicted molar refractivity (Wildman–Crippen MR) is 134 cm³/mol. The third-order valence-electron chi connectivity index (χ3n) is 5.44. The molecule has 0 aliphatic carbocycles. The van der Waals surface area contributed by atoms with Crippen LogP contribution in [0.3, 0.4) is 0 Å². The number of ether oxygens (including phenoxy) is 1. The third kappa shape index (κ3) is 5.86. The van der Waals surface area contributed by atoms with Crippen molar-refractivity contribution in [1.29, 1.82) is 0 Å². The molecule has 172 valence electrons. The van der Waals surface area contributed by atoms with E-state index in [0.717, 1.165) is 21.7 Å². The van der Waals surface area contributed by atoms with Crippen LogP contribution in [0, 0.1) is 13.8 Å². The molecule has 1 aliphatic rings. The number of hydrogen-bond donors (Lipinski definition) is 1. The summed E-state index contributed by atoms with van der Waals surface area (Å²) in [5.41, 5.74) is 3.68. The molecule has 0 bridgehead atoms. The van der Waals surface area contributed by atoms with Crippen molar-refractivity contribution >= 4 is 46.1 Å². The van der Waals surface area contributed by atoms with Crippen LogP contribution >= 0.6 is 22.9 Å². The lowest BCUT2D eigenvalue weighted by Crippen LogP contribution is -2.48. The Morgan fingerprint density at radius 2 is 1.76 bits per heavy atom. The summed E-state index contributed by atoms with van der Waals surface area (Å²) in [5.74, 6) is 0.503. The van der Waals surface area contributed by atoms with Crippen molar-refractivity contribution in [1.82, 2.24) is 4.90 Å². The second-order valence-electron chi connectivity index (χ2n) is 8.08. The molecule has 33 heavy (non-hydrogen) atoms. The number of carbonyl (C=O) groups is 2. The van der Waals surface area contributed by atoms with Crippen molar-refractivity contribution in [2.24, 2.45) is 0 Å². The minimum Gasteiger partial charge on any atom is -0.484 e. The number of piperazine rings is 1. The first kappa shape index (κ1) is 23.1. The zero-order valence-electron chi connectivity index (χ0n) is 18.6. The van der Waals surface area contributed by atoms with Gasteiger partial charge in [-0.3, -0.25) is 9.59 Å². The molecule has 0 unspecified atom stereocenters. The number of nitrogens with zero attached hydrogens (tertiary/aromatic N) is 2. The van der Waals surface area contributed by atoms with Crippen LogP contribution < -0.4 is 15.0 Å². The molecule has 1 saturated heterocycles. The van der Waals surface area contributed by atoms with Gasteiger partial charge in [-0.15, -0.1) is 11.3 Å². The number of nitrogens with one attached hydrogen (secondary N) is 1. The van der Waals surface area contributed by atoms with E-state index in [0.29, 0.717) is 42.6 Å². The van der Waals surface area contributed by atoms with E-state index < -0.39 is 0 Å². The zero-order chi connectivity index (χ0) is 23.4. The van der Waals surface area contributed by atoms with Crippen LogP contribution in [0.1, 0.15) is 20.8 Å². The molecule has 2 amide bonds. The Labute approximate surface area is 202 Å². The number of halogens is 1. The lowest BCUT2D eigenvalue weighted by atomic mass is 10.1. The van der Waals surface area contributed by atoms with Crippen LogP contribution in [0.25, 0.3) is 0 Å². The summed E-state index contributed by atoms with van der Waals surface area (Å²) < 4.78 is 5.62. The van der Waals surface area contributed by atoms with E-state index in [9.17, 15) is 9.59 Å². The fourth-order valence-corrected chi connectivity index (χ4v) is 4.90. The molecule has 8 heteroatoms. The van der Waals surface area contributed by atoms with Crippen LogP contribution in [0.5, 0.6) is 5.75 Å². The van der Waals surface area contributed by atoms with Crippen molar-refractivity contribution < 1.29 is 14.3 Å². The molecular weight excluding hydrogens is 458 g/mol. The number of benzene rings is 2. The van der Waals surface area contributed by atoms with Gasteiger partial charge in [0.2, 0.25) is 0 Å². The van der Waals surface area contributed by atoms with E-state index >= 15 is 0 Å². The number of thiophene rings is 1. The summed E-state index contributed by atoms with van der Waals surface area (Å²) in [6.07, 6.45) is 0. The lowest BCUT2D eigenvalue weighted by molar-refractivity contribution is -0.118. The van der Waals surface area contributed by atoms with Crippen molar-refractivity contribution in [3.05, 3.63) is 74.9 Å².